The molecule has 2 aromatic rings. The van der Waals surface area contributed by atoms with E-state index in [1.807, 2.05) is 54.6 Å². The van der Waals surface area contributed by atoms with Gasteiger partial charge in [0.25, 0.3) is 0 Å². The fourth-order valence-electron chi connectivity index (χ4n) is 1.63. The van der Waals surface area contributed by atoms with E-state index >= 15 is 0 Å². The van der Waals surface area contributed by atoms with Crippen molar-refractivity contribution in [3.05, 3.63) is 54.6 Å². The number of para-hydroxylation sites is 1. The van der Waals surface area contributed by atoms with Crippen LogP contribution < -0.4 is 10.5 Å². The van der Waals surface area contributed by atoms with Crippen molar-refractivity contribution in [1.29, 1.82) is 0 Å². The van der Waals surface area contributed by atoms with Crippen LogP contribution in [0, 0.1) is 0 Å². The number of halogens is 1. The van der Waals surface area contributed by atoms with Crippen LogP contribution in [0.15, 0.2) is 59.8 Å². The van der Waals surface area contributed by atoms with E-state index in [1.165, 1.54) is 0 Å². The van der Waals surface area contributed by atoms with Gasteiger partial charge in [-0.1, -0.05) is 53.7 Å². The Kier molecular flexibility index (Phi) is 5.70. The summed E-state index contributed by atoms with van der Waals surface area (Å²) in [4.78, 5) is 0. The van der Waals surface area contributed by atoms with Crippen LogP contribution in [0.4, 0.5) is 0 Å². The van der Waals surface area contributed by atoms with Crippen LogP contribution >= 0.6 is 12.4 Å². The minimum Gasteiger partial charge on any atom is -0.485 e. The van der Waals surface area contributed by atoms with Crippen LogP contribution in [0.2, 0.25) is 0 Å². The molecule has 0 atom stereocenters. The molecule has 2 rings (SSSR count). The largest absolute Gasteiger partial charge is 0.485 e. The topological polar surface area (TPSA) is 67.8 Å². The summed E-state index contributed by atoms with van der Waals surface area (Å²) in [5, 5.41) is 11.4. The van der Waals surface area contributed by atoms with Gasteiger partial charge in [0.1, 0.15) is 12.4 Å². The molecule has 3 N–H and O–H groups in total. The molecule has 19 heavy (non-hydrogen) atoms. The normalized spacial score (nSPS) is 10.6. The minimum atomic E-state index is 0. The summed E-state index contributed by atoms with van der Waals surface area (Å²) in [6.07, 6.45) is 0. The van der Waals surface area contributed by atoms with Crippen LogP contribution in [-0.4, -0.2) is 17.6 Å². The Bertz CT molecular complexity index is 544. The van der Waals surface area contributed by atoms with Crippen LogP contribution in [0.5, 0.6) is 5.75 Å². The maximum Gasteiger partial charge on any atom is 0.177 e. The van der Waals surface area contributed by atoms with Gasteiger partial charge in [-0.2, -0.15) is 0 Å². The number of nitrogens with zero attached hydrogens (tertiary/aromatic N) is 1. The molecule has 0 aliphatic rings. The summed E-state index contributed by atoms with van der Waals surface area (Å²) in [5.41, 5.74) is 7.42. The molecule has 0 radical (unpaired) electrons. The third-order valence-corrected chi connectivity index (χ3v) is 2.48. The zero-order valence-corrected chi connectivity index (χ0v) is 11.0. The van der Waals surface area contributed by atoms with Crippen molar-refractivity contribution < 1.29 is 9.94 Å². The van der Waals surface area contributed by atoms with Crippen molar-refractivity contribution in [2.24, 2.45) is 10.9 Å². The van der Waals surface area contributed by atoms with E-state index in [2.05, 4.69) is 5.16 Å². The predicted molar refractivity (Wildman–Crippen MR) is 78.0 cm³/mol. The second-order valence-corrected chi connectivity index (χ2v) is 3.74. The summed E-state index contributed by atoms with van der Waals surface area (Å²) in [5.74, 6) is 0.744. The Balaban J connectivity index is 0.00000180. The first-order valence-corrected chi connectivity index (χ1v) is 5.55. The smallest absolute Gasteiger partial charge is 0.177 e. The third-order valence-electron chi connectivity index (χ3n) is 2.48. The highest BCUT2D eigenvalue weighted by Gasteiger charge is 2.05. The molecular weight excluding hydrogens is 264 g/mol. The summed E-state index contributed by atoms with van der Waals surface area (Å²) >= 11 is 0. The molecule has 100 valence electrons. The number of oxime groups is 1. The molecule has 0 aliphatic heterocycles. The molecule has 0 amide bonds. The highest BCUT2D eigenvalue weighted by atomic mass is 35.5. The van der Waals surface area contributed by atoms with Gasteiger partial charge >= 0.3 is 0 Å². The molecule has 0 aliphatic carbocycles. The van der Waals surface area contributed by atoms with Gasteiger partial charge < -0.3 is 15.7 Å². The quantitative estimate of drug-likeness (QED) is 0.391. The average molecular weight is 279 g/mol. The monoisotopic (exact) mass is 278 g/mol. The zero-order chi connectivity index (χ0) is 12.8. The van der Waals surface area contributed by atoms with E-state index in [0.717, 1.165) is 11.1 Å². The lowest BCUT2D eigenvalue weighted by Gasteiger charge is -2.10. The van der Waals surface area contributed by atoms with E-state index < -0.39 is 0 Å². The van der Waals surface area contributed by atoms with Crippen LogP contribution in [0.1, 0.15) is 0 Å². The molecule has 2 aromatic carbocycles. The highest BCUT2D eigenvalue weighted by Crippen LogP contribution is 2.29. The first-order chi connectivity index (χ1) is 8.81. The Morgan fingerprint density at radius 1 is 1.05 bits per heavy atom. The summed E-state index contributed by atoms with van der Waals surface area (Å²) in [6, 6.07) is 17.6. The standard InChI is InChI=1S/C14H14N2O2.ClH/c15-14(16-17)10-18-13-9-5-4-8-12(13)11-6-2-1-3-7-11;/h1-9,17H,10H2,(H2,15,16);1H. The molecular formula is C14H15ClN2O2. The van der Waals surface area contributed by atoms with Crippen molar-refractivity contribution in [2.75, 3.05) is 6.61 Å². The van der Waals surface area contributed by atoms with Gasteiger partial charge in [0.2, 0.25) is 0 Å². The lowest BCUT2D eigenvalue weighted by atomic mass is 10.1. The summed E-state index contributed by atoms with van der Waals surface area (Å²) in [7, 11) is 0. The second kappa shape index (κ2) is 7.28. The zero-order valence-electron chi connectivity index (χ0n) is 10.2. The van der Waals surface area contributed by atoms with Gasteiger partial charge in [0, 0.05) is 5.56 Å². The average Bonchev–Trinajstić information content (AvgIpc) is 2.46. The van der Waals surface area contributed by atoms with E-state index in [9.17, 15) is 0 Å². The molecule has 0 bridgehead atoms. The number of amidine groups is 1. The van der Waals surface area contributed by atoms with E-state index in [1.54, 1.807) is 0 Å². The fourth-order valence-corrected chi connectivity index (χ4v) is 1.63. The van der Waals surface area contributed by atoms with Gasteiger partial charge in [0.15, 0.2) is 5.84 Å². The molecule has 0 saturated carbocycles. The van der Waals surface area contributed by atoms with E-state index in [4.69, 9.17) is 15.7 Å². The van der Waals surface area contributed by atoms with Gasteiger partial charge in [0.05, 0.1) is 0 Å². The first-order valence-electron chi connectivity index (χ1n) is 5.55. The Labute approximate surface area is 117 Å². The highest BCUT2D eigenvalue weighted by molar-refractivity contribution is 5.85. The van der Waals surface area contributed by atoms with Crippen LogP contribution in [0.25, 0.3) is 11.1 Å². The van der Waals surface area contributed by atoms with Crippen molar-refractivity contribution in [2.45, 2.75) is 0 Å². The van der Waals surface area contributed by atoms with Gasteiger partial charge in [-0.3, -0.25) is 0 Å². The Hall–Kier alpha value is -2.20. The lowest BCUT2D eigenvalue weighted by Crippen LogP contribution is -2.21. The van der Waals surface area contributed by atoms with Crippen molar-refractivity contribution in [3.8, 4) is 16.9 Å². The molecule has 0 fully saturated rings. The minimum absolute atomic E-state index is 0. The molecule has 0 spiro atoms. The number of rotatable bonds is 4. The Morgan fingerprint density at radius 3 is 2.37 bits per heavy atom. The van der Waals surface area contributed by atoms with Crippen molar-refractivity contribution in [3.63, 3.8) is 0 Å². The maximum atomic E-state index is 8.48. The van der Waals surface area contributed by atoms with E-state index in [0.29, 0.717) is 5.75 Å². The summed E-state index contributed by atoms with van der Waals surface area (Å²) < 4.78 is 5.53. The summed E-state index contributed by atoms with van der Waals surface area (Å²) in [6.45, 7) is 0.0559. The third kappa shape index (κ3) is 3.89. The van der Waals surface area contributed by atoms with Crippen molar-refractivity contribution in [1.82, 2.24) is 0 Å². The SMILES string of the molecule is Cl.N/C(COc1ccccc1-c1ccccc1)=N\O. The molecule has 0 unspecified atom stereocenters. The van der Waals surface area contributed by atoms with Crippen molar-refractivity contribution >= 4 is 18.2 Å². The molecule has 5 heteroatoms. The maximum absolute atomic E-state index is 8.48. The number of benzene rings is 2. The molecule has 4 nitrogen and oxygen atoms in total. The number of hydrogen-bond donors (Lipinski definition) is 2. The second-order valence-electron chi connectivity index (χ2n) is 3.74. The van der Waals surface area contributed by atoms with Gasteiger partial charge in [-0.15, -0.1) is 12.4 Å². The lowest BCUT2D eigenvalue weighted by molar-refractivity contribution is 0.306. The van der Waals surface area contributed by atoms with Crippen LogP contribution in [-0.2, 0) is 0 Å². The van der Waals surface area contributed by atoms with Crippen LogP contribution in [0.3, 0.4) is 0 Å². The first kappa shape index (κ1) is 14.9. The number of hydrogen-bond acceptors (Lipinski definition) is 3. The van der Waals surface area contributed by atoms with E-state index in [-0.39, 0.29) is 24.8 Å². The predicted octanol–water partition coefficient (Wildman–Crippen LogP) is 2.90. The van der Waals surface area contributed by atoms with Gasteiger partial charge in [-0.05, 0) is 11.6 Å². The molecule has 0 saturated heterocycles. The Morgan fingerprint density at radius 2 is 1.68 bits per heavy atom. The van der Waals surface area contributed by atoms with Gasteiger partial charge in [-0.25, -0.2) is 0 Å². The number of nitrogens with two attached hydrogens (primary N) is 1. The molecule has 0 aromatic heterocycles. The number of ether oxygens (including phenoxy) is 1. The molecule has 0 heterocycles. The fraction of sp³-hybridized carbons (Fsp3) is 0.0714.